The highest BCUT2D eigenvalue weighted by Crippen LogP contribution is 2.28. The average molecular weight is 440 g/mol. The quantitative estimate of drug-likeness (QED) is 0.455. The minimum Gasteiger partial charge on any atom is -0.393 e. The molecule has 4 rings (SSSR count). The van der Waals surface area contributed by atoms with Crippen LogP contribution in [0.2, 0.25) is 0 Å². The largest absolute Gasteiger partial charge is 0.393 e. The number of aliphatic hydroxyl groups is 1. The van der Waals surface area contributed by atoms with Gasteiger partial charge in [-0.05, 0) is 32.3 Å². The van der Waals surface area contributed by atoms with Crippen LogP contribution >= 0.6 is 11.8 Å². The van der Waals surface area contributed by atoms with Gasteiger partial charge in [0.25, 0.3) is 0 Å². The molecule has 1 aromatic carbocycles. The SMILES string of the molecule is CC[C@@H](CC[C@H](C)O)Nc1nc(-c2ccccc2)nc2[nH]c(CN3CCSCC3)cc12. The van der Waals surface area contributed by atoms with E-state index < -0.39 is 0 Å². The van der Waals surface area contributed by atoms with Crippen LogP contribution in [0, 0.1) is 0 Å². The number of aliphatic hydroxyl groups excluding tert-OH is 1. The van der Waals surface area contributed by atoms with Crippen LogP contribution in [0.15, 0.2) is 36.4 Å². The predicted molar refractivity (Wildman–Crippen MR) is 131 cm³/mol. The van der Waals surface area contributed by atoms with Crippen molar-refractivity contribution in [1.82, 2.24) is 19.9 Å². The smallest absolute Gasteiger partial charge is 0.163 e. The molecule has 0 bridgehead atoms. The summed E-state index contributed by atoms with van der Waals surface area (Å²) in [5.74, 6) is 4.00. The molecule has 3 aromatic rings. The Hall–Kier alpha value is -2.09. The maximum absolute atomic E-state index is 9.72. The topological polar surface area (TPSA) is 77.1 Å². The third kappa shape index (κ3) is 5.79. The van der Waals surface area contributed by atoms with Crippen LogP contribution < -0.4 is 5.32 Å². The normalized spacial score (nSPS) is 17.0. The standard InChI is InChI=1S/C24H33N5OS/c1-3-19(10-9-17(2)30)25-23-21-15-20(16-29-11-13-31-14-12-29)26-24(21)28-22(27-23)18-7-5-4-6-8-18/h4-8,15,17,19,30H,3,9-14,16H2,1-2H3,(H2,25,26,27,28)/t17-,19-/m0/s1. The van der Waals surface area contributed by atoms with Crippen molar-refractivity contribution >= 4 is 28.6 Å². The number of hydrogen-bond donors (Lipinski definition) is 3. The molecule has 1 aliphatic heterocycles. The first-order valence-corrected chi connectivity index (χ1v) is 12.5. The third-order valence-electron chi connectivity index (χ3n) is 5.84. The zero-order valence-electron chi connectivity index (χ0n) is 18.5. The van der Waals surface area contributed by atoms with Gasteiger partial charge in [-0.15, -0.1) is 0 Å². The van der Waals surface area contributed by atoms with E-state index in [0.717, 1.165) is 67.1 Å². The maximum atomic E-state index is 9.72. The molecular weight excluding hydrogens is 406 g/mol. The molecule has 0 aliphatic carbocycles. The van der Waals surface area contributed by atoms with Crippen molar-refractivity contribution in [3.63, 3.8) is 0 Å². The van der Waals surface area contributed by atoms with Crippen molar-refractivity contribution in [2.75, 3.05) is 29.9 Å². The van der Waals surface area contributed by atoms with Gasteiger partial charge in [-0.2, -0.15) is 11.8 Å². The molecule has 0 radical (unpaired) electrons. The number of hydrogen-bond acceptors (Lipinski definition) is 6. The molecular formula is C24H33N5OS. The molecule has 6 nitrogen and oxygen atoms in total. The summed E-state index contributed by atoms with van der Waals surface area (Å²) in [5.41, 5.74) is 3.07. The van der Waals surface area contributed by atoms with Gasteiger partial charge in [-0.1, -0.05) is 37.3 Å². The van der Waals surface area contributed by atoms with Crippen LogP contribution in [0.25, 0.3) is 22.4 Å². The lowest BCUT2D eigenvalue weighted by atomic mass is 10.1. The lowest BCUT2D eigenvalue weighted by Gasteiger charge is -2.25. The molecule has 1 aliphatic rings. The number of anilines is 1. The fraction of sp³-hybridized carbons (Fsp3) is 0.500. The third-order valence-corrected chi connectivity index (χ3v) is 6.78. The van der Waals surface area contributed by atoms with Crippen molar-refractivity contribution in [3.8, 4) is 11.4 Å². The van der Waals surface area contributed by atoms with E-state index in [4.69, 9.17) is 9.97 Å². The highest BCUT2D eigenvalue weighted by atomic mass is 32.2. The summed E-state index contributed by atoms with van der Waals surface area (Å²) >= 11 is 2.03. The number of fused-ring (bicyclic) bond motifs is 1. The number of H-pyrrole nitrogens is 1. The predicted octanol–water partition coefficient (Wildman–Crippen LogP) is 4.53. The lowest BCUT2D eigenvalue weighted by Crippen LogP contribution is -2.32. The van der Waals surface area contributed by atoms with Gasteiger partial charge in [0, 0.05) is 48.4 Å². The van der Waals surface area contributed by atoms with Crippen molar-refractivity contribution in [3.05, 3.63) is 42.1 Å². The van der Waals surface area contributed by atoms with E-state index in [1.165, 1.54) is 17.2 Å². The highest BCUT2D eigenvalue weighted by Gasteiger charge is 2.18. The Kier molecular flexibility index (Phi) is 7.48. The average Bonchev–Trinajstić information content (AvgIpc) is 3.20. The summed E-state index contributed by atoms with van der Waals surface area (Å²) in [6, 6.07) is 12.6. The summed E-state index contributed by atoms with van der Waals surface area (Å²) < 4.78 is 0. The van der Waals surface area contributed by atoms with Crippen LogP contribution in [0.5, 0.6) is 0 Å². The summed E-state index contributed by atoms with van der Waals surface area (Å²) in [7, 11) is 0. The Morgan fingerprint density at radius 2 is 1.94 bits per heavy atom. The molecule has 31 heavy (non-hydrogen) atoms. The number of rotatable bonds is 9. The van der Waals surface area contributed by atoms with Crippen molar-refractivity contribution in [1.29, 1.82) is 0 Å². The number of thioether (sulfide) groups is 1. The van der Waals surface area contributed by atoms with Crippen LogP contribution in [0.1, 0.15) is 38.8 Å². The van der Waals surface area contributed by atoms with E-state index in [1.807, 2.05) is 49.0 Å². The van der Waals surface area contributed by atoms with Gasteiger partial charge in [0.2, 0.25) is 0 Å². The first-order valence-electron chi connectivity index (χ1n) is 11.3. The molecule has 2 atom stereocenters. The second kappa shape index (κ2) is 10.5. The molecule has 166 valence electrons. The Balaban J connectivity index is 1.66. The van der Waals surface area contributed by atoms with Gasteiger partial charge in [0.15, 0.2) is 5.82 Å². The zero-order chi connectivity index (χ0) is 21.6. The Bertz CT molecular complexity index is 969. The van der Waals surface area contributed by atoms with E-state index in [1.54, 1.807) is 0 Å². The van der Waals surface area contributed by atoms with Crippen molar-refractivity contribution in [2.24, 2.45) is 0 Å². The Morgan fingerprint density at radius 3 is 2.65 bits per heavy atom. The van der Waals surface area contributed by atoms with Gasteiger partial charge < -0.3 is 15.4 Å². The number of aromatic nitrogens is 3. The first kappa shape index (κ1) is 22.1. The second-order valence-corrected chi connectivity index (χ2v) is 9.61. The summed E-state index contributed by atoms with van der Waals surface area (Å²) in [5, 5.41) is 14.4. The maximum Gasteiger partial charge on any atom is 0.163 e. The minimum absolute atomic E-state index is 0.258. The van der Waals surface area contributed by atoms with Gasteiger partial charge in [-0.3, -0.25) is 4.90 Å². The van der Waals surface area contributed by atoms with Crippen LogP contribution in [0.3, 0.4) is 0 Å². The number of aromatic amines is 1. The van der Waals surface area contributed by atoms with E-state index in [9.17, 15) is 5.11 Å². The number of nitrogens with one attached hydrogen (secondary N) is 2. The molecule has 0 unspecified atom stereocenters. The Morgan fingerprint density at radius 1 is 1.16 bits per heavy atom. The van der Waals surface area contributed by atoms with Gasteiger partial charge >= 0.3 is 0 Å². The second-order valence-electron chi connectivity index (χ2n) is 8.38. The Labute approximate surface area is 188 Å². The van der Waals surface area contributed by atoms with E-state index >= 15 is 0 Å². The van der Waals surface area contributed by atoms with E-state index in [0.29, 0.717) is 0 Å². The molecule has 3 heterocycles. The van der Waals surface area contributed by atoms with Gasteiger partial charge in [-0.25, -0.2) is 9.97 Å². The van der Waals surface area contributed by atoms with Crippen molar-refractivity contribution in [2.45, 2.75) is 51.8 Å². The molecule has 1 fully saturated rings. The molecule has 1 saturated heterocycles. The summed E-state index contributed by atoms with van der Waals surface area (Å²) in [6.07, 6.45) is 2.36. The fourth-order valence-corrected chi connectivity index (χ4v) is 4.97. The molecule has 3 N–H and O–H groups in total. The fourth-order valence-electron chi connectivity index (χ4n) is 3.99. The van der Waals surface area contributed by atoms with E-state index in [2.05, 4.69) is 28.2 Å². The molecule has 7 heteroatoms. The monoisotopic (exact) mass is 439 g/mol. The van der Waals surface area contributed by atoms with Crippen LogP contribution in [-0.2, 0) is 6.54 Å². The van der Waals surface area contributed by atoms with Crippen LogP contribution in [0.4, 0.5) is 5.82 Å². The zero-order valence-corrected chi connectivity index (χ0v) is 19.3. The van der Waals surface area contributed by atoms with Gasteiger partial charge in [0.1, 0.15) is 11.5 Å². The molecule has 0 amide bonds. The summed E-state index contributed by atoms with van der Waals surface area (Å²) in [4.78, 5) is 15.8. The first-order chi connectivity index (χ1) is 15.1. The minimum atomic E-state index is -0.289. The molecule has 2 aromatic heterocycles. The molecule has 0 saturated carbocycles. The van der Waals surface area contributed by atoms with Crippen LogP contribution in [-0.4, -0.2) is 61.7 Å². The number of nitrogens with zero attached hydrogens (tertiary/aromatic N) is 3. The van der Waals surface area contributed by atoms with E-state index in [-0.39, 0.29) is 12.1 Å². The van der Waals surface area contributed by atoms with Gasteiger partial charge in [0.05, 0.1) is 11.5 Å². The highest BCUT2D eigenvalue weighted by molar-refractivity contribution is 7.99. The molecule has 0 spiro atoms. The lowest BCUT2D eigenvalue weighted by molar-refractivity contribution is 0.179. The van der Waals surface area contributed by atoms with Crippen molar-refractivity contribution < 1.29 is 5.11 Å². The number of benzene rings is 1. The summed E-state index contributed by atoms with van der Waals surface area (Å²) in [6.45, 7) is 7.19.